The maximum Gasteiger partial charge on any atom is 0.490 e. The Bertz CT molecular complexity index is 462. The van der Waals surface area contributed by atoms with Crippen LogP contribution in [0.3, 0.4) is 0 Å². The minimum atomic E-state index is -5.08. The van der Waals surface area contributed by atoms with Crippen LogP contribution in [0.1, 0.15) is 19.8 Å². The summed E-state index contributed by atoms with van der Waals surface area (Å²) in [5, 5.41) is 10.3. The maximum absolute atomic E-state index is 11.5. The van der Waals surface area contributed by atoms with Gasteiger partial charge < -0.3 is 10.4 Å². The van der Waals surface area contributed by atoms with Crippen LogP contribution >= 0.6 is 0 Å². The molecule has 2 aliphatic rings. The lowest BCUT2D eigenvalue weighted by molar-refractivity contribution is -0.192. The molecule has 1 aliphatic heterocycles. The minimum Gasteiger partial charge on any atom is -0.475 e. The molecule has 2 fully saturated rings. The summed E-state index contributed by atoms with van der Waals surface area (Å²) >= 11 is 0. The lowest BCUT2D eigenvalue weighted by Gasteiger charge is -2.42. The van der Waals surface area contributed by atoms with Crippen LogP contribution in [0, 0.1) is 0 Å². The van der Waals surface area contributed by atoms with Gasteiger partial charge in [-0.05, 0) is 19.8 Å². The molecule has 0 bridgehead atoms. The summed E-state index contributed by atoms with van der Waals surface area (Å²) in [5.74, 6) is -2.76. The molecule has 0 unspecified atom stereocenters. The van der Waals surface area contributed by atoms with E-state index in [0.717, 1.165) is 19.4 Å². The largest absolute Gasteiger partial charge is 0.490 e. The van der Waals surface area contributed by atoms with E-state index in [9.17, 15) is 21.6 Å². The van der Waals surface area contributed by atoms with Crippen molar-refractivity contribution in [3.05, 3.63) is 0 Å². The van der Waals surface area contributed by atoms with E-state index in [1.165, 1.54) is 6.26 Å². The van der Waals surface area contributed by atoms with Crippen LogP contribution < -0.4 is 5.32 Å². The van der Waals surface area contributed by atoms with E-state index in [-0.39, 0.29) is 6.04 Å². The third-order valence-corrected chi connectivity index (χ3v) is 4.42. The number of carboxylic acid groups (broad SMARTS) is 1. The van der Waals surface area contributed by atoms with Crippen molar-refractivity contribution in [2.45, 2.75) is 44.1 Å². The first-order chi connectivity index (χ1) is 8.94. The van der Waals surface area contributed by atoms with Gasteiger partial charge in [0.05, 0.1) is 12.3 Å². The second kappa shape index (κ2) is 5.86. The van der Waals surface area contributed by atoms with Gasteiger partial charge in [-0.25, -0.2) is 13.2 Å². The molecule has 10 heteroatoms. The second-order valence-electron chi connectivity index (χ2n) is 4.89. The van der Waals surface area contributed by atoms with E-state index in [0.29, 0.717) is 12.1 Å². The van der Waals surface area contributed by atoms with Crippen molar-refractivity contribution in [2.24, 2.45) is 0 Å². The van der Waals surface area contributed by atoms with Crippen molar-refractivity contribution in [3.63, 3.8) is 0 Å². The Kier molecular flexibility index (Phi) is 5.03. The number of hydrogen-bond donors (Lipinski definition) is 2. The molecule has 0 aromatic heterocycles. The molecule has 0 radical (unpaired) electrons. The summed E-state index contributed by atoms with van der Waals surface area (Å²) in [5.41, 5.74) is 0. The van der Waals surface area contributed by atoms with Gasteiger partial charge in [0.2, 0.25) is 10.0 Å². The summed E-state index contributed by atoms with van der Waals surface area (Å²) in [6.07, 6.45) is -1.69. The molecule has 0 aromatic carbocycles. The Labute approximate surface area is 115 Å². The lowest BCUT2D eigenvalue weighted by atomic mass is 10.0. The number of alkyl halides is 3. The van der Waals surface area contributed by atoms with Crippen LogP contribution in [0.2, 0.25) is 0 Å². The molecule has 1 saturated carbocycles. The molecule has 2 rings (SSSR count). The Morgan fingerprint density at radius 1 is 1.35 bits per heavy atom. The van der Waals surface area contributed by atoms with Gasteiger partial charge in [-0.15, -0.1) is 0 Å². The number of carboxylic acids is 1. The fourth-order valence-corrected chi connectivity index (χ4v) is 3.39. The zero-order valence-electron chi connectivity index (χ0n) is 11.0. The topological polar surface area (TPSA) is 86.7 Å². The first kappa shape index (κ1) is 17.2. The van der Waals surface area contributed by atoms with Crippen LogP contribution in [0.25, 0.3) is 0 Å². The summed E-state index contributed by atoms with van der Waals surface area (Å²) in [7, 11) is -3.00. The number of hydrogen-bond acceptors (Lipinski definition) is 4. The fraction of sp³-hybridized carbons (Fsp3) is 0.900. The lowest BCUT2D eigenvalue weighted by Crippen LogP contribution is -2.65. The number of carbonyl (C=O) groups is 1. The third kappa shape index (κ3) is 4.60. The predicted molar refractivity (Wildman–Crippen MR) is 64.6 cm³/mol. The normalized spacial score (nSPS) is 26.5. The molecule has 1 aliphatic carbocycles. The highest BCUT2D eigenvalue weighted by Crippen LogP contribution is 2.33. The molecule has 2 atom stereocenters. The summed E-state index contributed by atoms with van der Waals surface area (Å²) in [6.45, 7) is 2.85. The molecular formula is C10H17F3N2O4S. The molecule has 0 aromatic rings. The number of halogens is 3. The Morgan fingerprint density at radius 2 is 1.80 bits per heavy atom. The third-order valence-electron chi connectivity index (χ3n) is 3.09. The molecular weight excluding hydrogens is 301 g/mol. The number of sulfonamides is 1. The number of nitrogens with one attached hydrogen (secondary N) is 1. The smallest absolute Gasteiger partial charge is 0.475 e. The zero-order valence-corrected chi connectivity index (χ0v) is 11.8. The average Bonchev–Trinajstić information content (AvgIpc) is 3.05. The SMILES string of the molecule is C[C@H]1NC[C@@H]1N(C1CC1)S(C)(=O)=O.O=C(O)C(F)(F)F. The van der Waals surface area contributed by atoms with Crippen LogP contribution in [-0.2, 0) is 14.8 Å². The van der Waals surface area contributed by atoms with Gasteiger partial charge in [0.25, 0.3) is 0 Å². The minimum absolute atomic E-state index is 0.197. The Hall–Kier alpha value is -0.870. The van der Waals surface area contributed by atoms with E-state index >= 15 is 0 Å². The molecule has 0 amide bonds. The first-order valence-corrected chi connectivity index (χ1v) is 7.81. The van der Waals surface area contributed by atoms with Gasteiger partial charge >= 0.3 is 12.1 Å². The van der Waals surface area contributed by atoms with Gasteiger partial charge in [-0.2, -0.15) is 17.5 Å². The summed E-state index contributed by atoms with van der Waals surface area (Å²) in [6, 6.07) is 0.808. The summed E-state index contributed by atoms with van der Waals surface area (Å²) < 4.78 is 56.4. The maximum atomic E-state index is 11.5. The van der Waals surface area contributed by atoms with Crippen LogP contribution in [0.4, 0.5) is 13.2 Å². The fourth-order valence-electron chi connectivity index (χ4n) is 1.89. The van der Waals surface area contributed by atoms with Gasteiger partial charge in [0, 0.05) is 18.6 Å². The quantitative estimate of drug-likeness (QED) is 0.787. The molecule has 0 spiro atoms. The highest BCUT2D eigenvalue weighted by molar-refractivity contribution is 7.88. The van der Waals surface area contributed by atoms with Crippen molar-refractivity contribution in [1.82, 2.24) is 9.62 Å². The van der Waals surface area contributed by atoms with E-state index in [4.69, 9.17) is 9.90 Å². The molecule has 1 saturated heterocycles. The number of nitrogens with zero attached hydrogens (tertiary/aromatic N) is 1. The molecule has 20 heavy (non-hydrogen) atoms. The monoisotopic (exact) mass is 318 g/mol. The van der Waals surface area contributed by atoms with E-state index in [2.05, 4.69) is 5.32 Å². The van der Waals surface area contributed by atoms with Gasteiger partial charge in [-0.3, -0.25) is 0 Å². The number of rotatable bonds is 3. The van der Waals surface area contributed by atoms with Crippen LogP contribution in [0.15, 0.2) is 0 Å². The molecule has 2 N–H and O–H groups in total. The van der Waals surface area contributed by atoms with Crippen molar-refractivity contribution in [3.8, 4) is 0 Å². The van der Waals surface area contributed by atoms with Crippen LogP contribution in [-0.4, -0.2) is 60.9 Å². The number of aliphatic carboxylic acids is 1. The predicted octanol–water partition coefficient (Wildman–Crippen LogP) is 0.404. The molecule has 6 nitrogen and oxygen atoms in total. The van der Waals surface area contributed by atoms with Crippen molar-refractivity contribution >= 4 is 16.0 Å². The van der Waals surface area contributed by atoms with Crippen LogP contribution in [0.5, 0.6) is 0 Å². The molecule has 118 valence electrons. The average molecular weight is 318 g/mol. The van der Waals surface area contributed by atoms with Crippen molar-refractivity contribution in [1.29, 1.82) is 0 Å². The van der Waals surface area contributed by atoms with Gasteiger partial charge in [0.1, 0.15) is 0 Å². The van der Waals surface area contributed by atoms with Gasteiger partial charge in [0.15, 0.2) is 0 Å². The highest BCUT2D eigenvalue weighted by Gasteiger charge is 2.44. The van der Waals surface area contributed by atoms with Gasteiger partial charge in [-0.1, -0.05) is 0 Å². The second-order valence-corrected chi connectivity index (χ2v) is 6.78. The van der Waals surface area contributed by atoms with E-state index in [1.807, 2.05) is 6.92 Å². The van der Waals surface area contributed by atoms with E-state index in [1.54, 1.807) is 4.31 Å². The molecule has 1 heterocycles. The van der Waals surface area contributed by atoms with Crippen molar-refractivity contribution in [2.75, 3.05) is 12.8 Å². The standard InChI is InChI=1S/C8H16N2O2S.C2HF3O2/c1-6-8(5-9-6)10(7-3-4-7)13(2,11)12;3-2(4,5)1(6)7/h6-9H,3-5H2,1-2H3;(H,6,7)/t6-,8+;/m1./s1. The highest BCUT2D eigenvalue weighted by atomic mass is 32.2. The van der Waals surface area contributed by atoms with E-state index < -0.39 is 22.2 Å². The summed E-state index contributed by atoms with van der Waals surface area (Å²) in [4.78, 5) is 8.90. The first-order valence-electron chi connectivity index (χ1n) is 5.96. The Morgan fingerprint density at radius 3 is 1.95 bits per heavy atom. The Balaban J connectivity index is 0.000000246. The zero-order chi connectivity index (χ0) is 15.7. The van der Waals surface area contributed by atoms with Crippen molar-refractivity contribution < 1.29 is 31.5 Å².